The molecule has 0 aliphatic rings. The minimum atomic E-state index is -4.36. The van der Waals surface area contributed by atoms with Gasteiger partial charge in [0.05, 0.1) is 18.1 Å². The standard InChI is InChI=1S/C17H15N5O5S2/c1-27-15(23)10-6-3-4-8-12(10)29(25,26)22-17(24)21-16-19-13-11(7-5-9-18-13)14(20-16)28-2/h3-9H,1-2H3,(H2,18,19,20,21,22,24). The Morgan fingerprint density at radius 3 is 2.59 bits per heavy atom. The molecule has 2 amide bonds. The fraction of sp³-hybridized carbons (Fsp3) is 0.118. The molecule has 1 aromatic carbocycles. The van der Waals surface area contributed by atoms with Crippen molar-refractivity contribution in [3.8, 4) is 0 Å². The smallest absolute Gasteiger partial charge is 0.339 e. The number of carbonyl (C=O) groups excluding carboxylic acids is 2. The third-order valence-electron chi connectivity index (χ3n) is 3.66. The number of rotatable bonds is 5. The molecule has 150 valence electrons. The van der Waals surface area contributed by atoms with Crippen molar-refractivity contribution in [2.24, 2.45) is 0 Å². The Morgan fingerprint density at radius 2 is 1.86 bits per heavy atom. The van der Waals surface area contributed by atoms with Crippen LogP contribution in [0.15, 0.2) is 52.5 Å². The fourth-order valence-electron chi connectivity index (χ4n) is 2.43. The van der Waals surface area contributed by atoms with Crippen molar-refractivity contribution in [1.82, 2.24) is 19.7 Å². The summed E-state index contributed by atoms with van der Waals surface area (Å²) in [4.78, 5) is 36.1. The number of nitrogens with zero attached hydrogens (tertiary/aromatic N) is 3. The molecule has 0 atom stereocenters. The second-order valence-corrected chi connectivity index (χ2v) is 7.92. The van der Waals surface area contributed by atoms with Crippen LogP contribution in [0.5, 0.6) is 0 Å². The minimum Gasteiger partial charge on any atom is -0.465 e. The predicted octanol–water partition coefficient (Wildman–Crippen LogP) is 2.04. The van der Waals surface area contributed by atoms with Crippen molar-refractivity contribution in [2.75, 3.05) is 18.7 Å². The van der Waals surface area contributed by atoms with Gasteiger partial charge in [-0.15, -0.1) is 11.8 Å². The molecule has 2 heterocycles. The van der Waals surface area contributed by atoms with Crippen LogP contribution in [0.4, 0.5) is 10.7 Å². The van der Waals surface area contributed by atoms with Crippen molar-refractivity contribution >= 4 is 50.8 Å². The van der Waals surface area contributed by atoms with Crippen LogP contribution in [0.2, 0.25) is 0 Å². The summed E-state index contributed by atoms with van der Waals surface area (Å²) in [6.45, 7) is 0. The Hall–Kier alpha value is -3.25. The summed E-state index contributed by atoms with van der Waals surface area (Å²) in [6.07, 6.45) is 3.34. The molecule has 12 heteroatoms. The number of aromatic nitrogens is 3. The first kappa shape index (κ1) is 20.5. The van der Waals surface area contributed by atoms with Gasteiger partial charge in [0.2, 0.25) is 5.95 Å². The van der Waals surface area contributed by atoms with Gasteiger partial charge in [-0.2, -0.15) is 4.98 Å². The van der Waals surface area contributed by atoms with Gasteiger partial charge < -0.3 is 4.74 Å². The van der Waals surface area contributed by atoms with Crippen LogP contribution in [0.1, 0.15) is 10.4 Å². The summed E-state index contributed by atoms with van der Waals surface area (Å²) in [5.41, 5.74) is 0.146. The fourth-order valence-corrected chi connectivity index (χ4v) is 4.09. The highest BCUT2D eigenvalue weighted by molar-refractivity contribution is 7.98. The summed E-state index contributed by atoms with van der Waals surface area (Å²) in [7, 11) is -3.24. The molecule has 0 unspecified atom stereocenters. The number of anilines is 1. The number of pyridine rings is 1. The molecular formula is C17H15N5O5S2. The lowest BCUT2D eigenvalue weighted by atomic mass is 10.2. The minimum absolute atomic E-state index is 0.116. The molecule has 29 heavy (non-hydrogen) atoms. The van der Waals surface area contributed by atoms with Gasteiger partial charge in [-0.05, 0) is 30.5 Å². The molecule has 0 radical (unpaired) electrons. The molecule has 0 fully saturated rings. The first-order valence-corrected chi connectivity index (χ1v) is 10.7. The number of benzene rings is 1. The number of nitrogens with one attached hydrogen (secondary N) is 2. The van der Waals surface area contributed by atoms with Crippen LogP contribution < -0.4 is 10.0 Å². The van der Waals surface area contributed by atoms with Gasteiger partial charge >= 0.3 is 12.0 Å². The van der Waals surface area contributed by atoms with Crippen molar-refractivity contribution in [3.05, 3.63) is 48.2 Å². The second kappa shape index (κ2) is 8.41. The van der Waals surface area contributed by atoms with Gasteiger partial charge in [0, 0.05) is 6.20 Å². The van der Waals surface area contributed by atoms with E-state index in [1.807, 2.05) is 4.72 Å². The quantitative estimate of drug-likeness (QED) is 0.351. The predicted molar refractivity (Wildman–Crippen MR) is 106 cm³/mol. The van der Waals surface area contributed by atoms with E-state index in [1.54, 1.807) is 18.4 Å². The van der Waals surface area contributed by atoms with Gasteiger partial charge in [0.1, 0.15) is 9.92 Å². The summed E-state index contributed by atoms with van der Waals surface area (Å²) in [6, 6.07) is 7.79. The zero-order chi connectivity index (χ0) is 21.0. The Kier molecular flexibility index (Phi) is 5.94. The SMILES string of the molecule is COC(=O)c1ccccc1S(=O)(=O)NC(=O)Nc1nc(SC)c2cccnc2n1. The Bertz CT molecular complexity index is 1200. The van der Waals surface area contributed by atoms with Gasteiger partial charge in [-0.1, -0.05) is 12.1 Å². The van der Waals surface area contributed by atoms with Crippen LogP contribution in [0, 0.1) is 0 Å². The van der Waals surface area contributed by atoms with Crippen molar-refractivity contribution < 1.29 is 22.7 Å². The van der Waals surface area contributed by atoms with E-state index in [1.165, 1.54) is 42.2 Å². The van der Waals surface area contributed by atoms with Crippen molar-refractivity contribution in [1.29, 1.82) is 0 Å². The number of hydrogen-bond donors (Lipinski definition) is 2. The maximum atomic E-state index is 12.6. The number of thioether (sulfide) groups is 1. The van der Waals surface area contributed by atoms with Crippen LogP contribution in [0.3, 0.4) is 0 Å². The van der Waals surface area contributed by atoms with E-state index in [0.29, 0.717) is 16.1 Å². The van der Waals surface area contributed by atoms with Gasteiger partial charge in [0.25, 0.3) is 10.0 Å². The highest BCUT2D eigenvalue weighted by atomic mass is 32.2. The zero-order valence-corrected chi connectivity index (χ0v) is 16.9. The number of ether oxygens (including phenoxy) is 1. The topological polar surface area (TPSA) is 140 Å². The maximum absolute atomic E-state index is 12.6. The summed E-state index contributed by atoms with van der Waals surface area (Å²) in [5.74, 6) is -0.963. The molecule has 2 N–H and O–H groups in total. The second-order valence-electron chi connectivity index (χ2n) is 5.48. The molecule has 0 aliphatic heterocycles. The van der Waals surface area contributed by atoms with E-state index >= 15 is 0 Å². The third kappa shape index (κ3) is 4.43. The van der Waals surface area contributed by atoms with Gasteiger partial charge in [0.15, 0.2) is 5.65 Å². The average Bonchev–Trinajstić information content (AvgIpc) is 2.72. The first-order valence-electron chi connectivity index (χ1n) is 8.03. The highest BCUT2D eigenvalue weighted by Gasteiger charge is 2.25. The largest absolute Gasteiger partial charge is 0.465 e. The Balaban J connectivity index is 1.86. The van der Waals surface area contributed by atoms with Crippen molar-refractivity contribution in [2.45, 2.75) is 9.92 Å². The van der Waals surface area contributed by atoms with Crippen molar-refractivity contribution in [3.63, 3.8) is 0 Å². The van der Waals surface area contributed by atoms with E-state index < -0.39 is 26.9 Å². The molecule has 2 aromatic heterocycles. The van der Waals surface area contributed by atoms with Crippen LogP contribution >= 0.6 is 11.8 Å². The molecule has 0 bridgehead atoms. The van der Waals surface area contributed by atoms with Gasteiger partial charge in [-0.3, -0.25) is 5.32 Å². The molecule has 0 aliphatic carbocycles. The number of fused-ring (bicyclic) bond motifs is 1. The molecule has 0 spiro atoms. The number of methoxy groups -OCH3 is 1. The number of sulfonamides is 1. The monoisotopic (exact) mass is 433 g/mol. The van der Waals surface area contributed by atoms with E-state index in [4.69, 9.17) is 0 Å². The number of amides is 2. The third-order valence-corrected chi connectivity index (χ3v) is 5.75. The molecule has 3 aromatic rings. The molecule has 0 saturated heterocycles. The number of urea groups is 1. The zero-order valence-electron chi connectivity index (χ0n) is 15.2. The molecule has 10 nitrogen and oxygen atoms in total. The highest BCUT2D eigenvalue weighted by Crippen LogP contribution is 2.23. The summed E-state index contributed by atoms with van der Waals surface area (Å²) in [5, 5.41) is 3.54. The Morgan fingerprint density at radius 1 is 1.10 bits per heavy atom. The lowest BCUT2D eigenvalue weighted by Crippen LogP contribution is -2.35. The van der Waals surface area contributed by atoms with Crippen LogP contribution in [0.25, 0.3) is 11.0 Å². The average molecular weight is 433 g/mol. The molecular weight excluding hydrogens is 418 g/mol. The normalized spacial score (nSPS) is 11.1. The van der Waals surface area contributed by atoms with E-state index in [9.17, 15) is 18.0 Å². The number of esters is 1. The van der Waals surface area contributed by atoms with Gasteiger partial charge in [-0.25, -0.2) is 32.7 Å². The number of carbonyl (C=O) groups is 2. The molecule has 3 rings (SSSR count). The van der Waals surface area contributed by atoms with Crippen LogP contribution in [-0.4, -0.2) is 48.7 Å². The summed E-state index contributed by atoms with van der Waals surface area (Å²) >= 11 is 1.32. The number of hydrogen-bond acceptors (Lipinski definition) is 9. The lowest BCUT2D eigenvalue weighted by molar-refractivity contribution is 0.0596. The lowest BCUT2D eigenvalue weighted by Gasteiger charge is -2.11. The van der Waals surface area contributed by atoms with E-state index in [-0.39, 0.29) is 11.5 Å². The summed E-state index contributed by atoms with van der Waals surface area (Å²) < 4.78 is 31.6. The Labute approximate surface area is 170 Å². The van der Waals surface area contributed by atoms with E-state index in [0.717, 1.165) is 7.11 Å². The first-order chi connectivity index (χ1) is 13.9. The van der Waals surface area contributed by atoms with Crippen LogP contribution in [-0.2, 0) is 14.8 Å². The molecule has 0 saturated carbocycles. The van der Waals surface area contributed by atoms with E-state index in [2.05, 4.69) is 25.0 Å². The maximum Gasteiger partial charge on any atom is 0.339 e.